The molecule has 3 N–H and O–H groups in total. The molecule has 0 spiro atoms. The van der Waals surface area contributed by atoms with Crippen LogP contribution in [-0.2, 0) is 6.54 Å². The van der Waals surface area contributed by atoms with E-state index >= 15 is 0 Å². The summed E-state index contributed by atoms with van der Waals surface area (Å²) < 4.78 is 0. The van der Waals surface area contributed by atoms with Crippen LogP contribution in [0.3, 0.4) is 0 Å². The standard InChI is InChI=1S/C18H18N6.H3N/c1-11-5-6-16(22-12(11)2)24-10-15-14(13(24)3)9-21-18(23-15)17-19-7-4-8-20-17;/h4-9,13H,10H2,1-3H3;1H3. The summed E-state index contributed by atoms with van der Waals surface area (Å²) in [5, 5.41) is 0. The minimum Gasteiger partial charge on any atom is -0.344 e. The molecule has 0 amide bonds. The van der Waals surface area contributed by atoms with Crippen molar-refractivity contribution in [3.63, 3.8) is 0 Å². The van der Waals surface area contributed by atoms with Gasteiger partial charge in [0.1, 0.15) is 5.82 Å². The molecule has 0 saturated heterocycles. The van der Waals surface area contributed by atoms with E-state index in [1.54, 1.807) is 18.5 Å². The van der Waals surface area contributed by atoms with Crippen LogP contribution in [0.15, 0.2) is 36.8 Å². The van der Waals surface area contributed by atoms with Crippen molar-refractivity contribution in [1.82, 2.24) is 31.1 Å². The molecule has 1 unspecified atom stereocenters. The van der Waals surface area contributed by atoms with Crippen LogP contribution < -0.4 is 11.1 Å². The topological polar surface area (TPSA) is 103 Å². The first kappa shape index (κ1) is 16.9. The lowest BCUT2D eigenvalue weighted by molar-refractivity contribution is 0.716. The van der Waals surface area contributed by atoms with Crippen LogP contribution in [0, 0.1) is 13.8 Å². The molecular formula is C18H21N7. The Hall–Kier alpha value is -2.93. The van der Waals surface area contributed by atoms with Crippen molar-refractivity contribution < 1.29 is 0 Å². The fourth-order valence-electron chi connectivity index (χ4n) is 2.95. The summed E-state index contributed by atoms with van der Waals surface area (Å²) in [5.41, 5.74) is 4.40. The average molecular weight is 335 g/mol. The van der Waals surface area contributed by atoms with Crippen molar-refractivity contribution >= 4 is 5.82 Å². The number of aryl methyl sites for hydroxylation is 2. The number of hydrogen-bond acceptors (Lipinski definition) is 7. The van der Waals surface area contributed by atoms with Gasteiger partial charge in [0.2, 0.25) is 0 Å². The summed E-state index contributed by atoms with van der Waals surface area (Å²) in [6.45, 7) is 6.99. The summed E-state index contributed by atoms with van der Waals surface area (Å²) in [6.07, 6.45) is 5.29. The predicted molar refractivity (Wildman–Crippen MR) is 96.4 cm³/mol. The summed E-state index contributed by atoms with van der Waals surface area (Å²) in [4.78, 5) is 24.6. The lowest BCUT2D eigenvalue weighted by Gasteiger charge is -2.23. The molecule has 25 heavy (non-hydrogen) atoms. The highest BCUT2D eigenvalue weighted by Crippen LogP contribution is 2.35. The van der Waals surface area contributed by atoms with Crippen molar-refractivity contribution in [3.05, 3.63) is 59.3 Å². The van der Waals surface area contributed by atoms with Crippen LogP contribution in [0.5, 0.6) is 0 Å². The summed E-state index contributed by atoms with van der Waals surface area (Å²) in [6, 6.07) is 6.16. The zero-order valence-electron chi connectivity index (χ0n) is 14.6. The van der Waals surface area contributed by atoms with E-state index in [9.17, 15) is 0 Å². The molecule has 0 saturated carbocycles. The minimum absolute atomic E-state index is 0. The van der Waals surface area contributed by atoms with Crippen LogP contribution >= 0.6 is 0 Å². The molecule has 0 aliphatic carbocycles. The molecule has 128 valence electrons. The maximum atomic E-state index is 4.72. The normalized spacial score (nSPS) is 15.6. The molecular weight excluding hydrogens is 314 g/mol. The van der Waals surface area contributed by atoms with Gasteiger partial charge in [0.15, 0.2) is 11.6 Å². The van der Waals surface area contributed by atoms with E-state index < -0.39 is 0 Å². The van der Waals surface area contributed by atoms with Gasteiger partial charge in [-0.1, -0.05) is 6.07 Å². The summed E-state index contributed by atoms with van der Waals surface area (Å²) in [7, 11) is 0. The van der Waals surface area contributed by atoms with Gasteiger partial charge >= 0.3 is 0 Å². The first-order valence-electron chi connectivity index (χ1n) is 7.97. The molecule has 1 aliphatic heterocycles. The molecule has 0 radical (unpaired) electrons. The Morgan fingerprint density at radius 2 is 1.76 bits per heavy atom. The van der Waals surface area contributed by atoms with Gasteiger partial charge in [-0.25, -0.2) is 24.9 Å². The molecule has 0 aromatic carbocycles. The second kappa shape index (κ2) is 6.52. The van der Waals surface area contributed by atoms with E-state index in [2.05, 4.69) is 50.8 Å². The third kappa shape index (κ3) is 2.94. The lowest BCUT2D eigenvalue weighted by Crippen LogP contribution is -2.20. The van der Waals surface area contributed by atoms with E-state index in [0.717, 1.165) is 22.8 Å². The first-order chi connectivity index (χ1) is 11.6. The van der Waals surface area contributed by atoms with Crippen LogP contribution in [0.4, 0.5) is 5.82 Å². The Labute approximate surface area is 146 Å². The predicted octanol–water partition coefficient (Wildman–Crippen LogP) is 3.19. The van der Waals surface area contributed by atoms with E-state index in [-0.39, 0.29) is 12.2 Å². The highest BCUT2D eigenvalue weighted by Gasteiger charge is 2.30. The fraction of sp³-hybridized carbons (Fsp3) is 0.278. The van der Waals surface area contributed by atoms with Gasteiger partial charge in [-0.15, -0.1) is 0 Å². The summed E-state index contributed by atoms with van der Waals surface area (Å²) >= 11 is 0. The molecule has 1 aliphatic rings. The maximum Gasteiger partial charge on any atom is 0.198 e. The van der Waals surface area contributed by atoms with Crippen LogP contribution in [-0.4, -0.2) is 24.9 Å². The van der Waals surface area contributed by atoms with Gasteiger partial charge in [-0.05, 0) is 38.5 Å². The molecule has 4 heterocycles. The zero-order valence-corrected chi connectivity index (χ0v) is 14.6. The largest absolute Gasteiger partial charge is 0.344 e. The third-order valence-electron chi connectivity index (χ3n) is 4.53. The minimum atomic E-state index is 0. The number of anilines is 1. The van der Waals surface area contributed by atoms with Crippen LogP contribution in [0.25, 0.3) is 11.6 Å². The number of pyridine rings is 1. The third-order valence-corrected chi connectivity index (χ3v) is 4.53. The Morgan fingerprint density at radius 3 is 2.48 bits per heavy atom. The highest BCUT2D eigenvalue weighted by molar-refractivity contribution is 5.51. The van der Waals surface area contributed by atoms with Crippen molar-refractivity contribution in [2.45, 2.75) is 33.4 Å². The second-order valence-corrected chi connectivity index (χ2v) is 6.04. The second-order valence-electron chi connectivity index (χ2n) is 6.04. The van der Waals surface area contributed by atoms with Crippen molar-refractivity contribution in [2.75, 3.05) is 4.90 Å². The van der Waals surface area contributed by atoms with E-state index in [4.69, 9.17) is 4.98 Å². The van der Waals surface area contributed by atoms with Crippen molar-refractivity contribution in [2.24, 2.45) is 0 Å². The first-order valence-corrected chi connectivity index (χ1v) is 7.97. The van der Waals surface area contributed by atoms with Crippen LogP contribution in [0.1, 0.15) is 35.5 Å². The monoisotopic (exact) mass is 335 g/mol. The molecule has 3 aromatic heterocycles. The Bertz CT molecular complexity index is 895. The molecule has 3 aromatic rings. The van der Waals surface area contributed by atoms with Gasteiger partial charge in [-0.3, -0.25) is 0 Å². The SMILES string of the molecule is Cc1ccc(N2Cc3nc(-c4ncccn4)ncc3C2C)nc1C.N. The van der Waals surface area contributed by atoms with Gasteiger partial charge in [0.25, 0.3) is 0 Å². The molecule has 7 heteroatoms. The van der Waals surface area contributed by atoms with E-state index in [1.165, 1.54) is 5.56 Å². The molecule has 1 atom stereocenters. The number of nitrogens with zero attached hydrogens (tertiary/aromatic N) is 6. The number of hydrogen-bond donors (Lipinski definition) is 1. The van der Waals surface area contributed by atoms with Gasteiger partial charge < -0.3 is 11.1 Å². The van der Waals surface area contributed by atoms with Gasteiger partial charge in [-0.2, -0.15) is 0 Å². The Balaban J connectivity index is 0.00000182. The molecule has 4 rings (SSSR count). The molecule has 7 nitrogen and oxygen atoms in total. The molecule has 0 bridgehead atoms. The van der Waals surface area contributed by atoms with E-state index in [0.29, 0.717) is 18.2 Å². The molecule has 0 fully saturated rings. The van der Waals surface area contributed by atoms with Crippen molar-refractivity contribution in [1.29, 1.82) is 0 Å². The van der Waals surface area contributed by atoms with Gasteiger partial charge in [0, 0.05) is 29.8 Å². The Kier molecular flexibility index (Phi) is 4.41. The smallest absolute Gasteiger partial charge is 0.198 e. The Morgan fingerprint density at radius 1 is 1.00 bits per heavy atom. The summed E-state index contributed by atoms with van der Waals surface area (Å²) in [5.74, 6) is 2.09. The van der Waals surface area contributed by atoms with Crippen LogP contribution in [0.2, 0.25) is 0 Å². The van der Waals surface area contributed by atoms with Crippen molar-refractivity contribution in [3.8, 4) is 11.6 Å². The van der Waals surface area contributed by atoms with Gasteiger partial charge in [0.05, 0.1) is 18.3 Å². The quantitative estimate of drug-likeness (QED) is 0.767. The number of aromatic nitrogens is 5. The van der Waals surface area contributed by atoms with E-state index in [1.807, 2.05) is 13.1 Å². The number of fused-ring (bicyclic) bond motifs is 1. The fourth-order valence-corrected chi connectivity index (χ4v) is 2.95. The maximum absolute atomic E-state index is 4.72. The number of rotatable bonds is 2. The highest BCUT2D eigenvalue weighted by atomic mass is 15.2. The zero-order chi connectivity index (χ0) is 16.7. The lowest BCUT2D eigenvalue weighted by atomic mass is 10.1. The average Bonchev–Trinajstić information content (AvgIpc) is 2.94.